The Bertz CT molecular complexity index is 657. The maximum Gasteiger partial charge on any atom is 0.312 e. The summed E-state index contributed by atoms with van der Waals surface area (Å²) < 4.78 is 31.9. The number of nitro benzene ring substituents is 1. The Hall–Kier alpha value is -1.42. The first-order chi connectivity index (χ1) is 9.83. The third-order valence-electron chi connectivity index (χ3n) is 3.05. The van der Waals surface area contributed by atoms with Crippen LogP contribution in [-0.2, 0) is 14.8 Å². The Morgan fingerprint density at radius 3 is 2.81 bits per heavy atom. The molecular formula is C11H13ClN2O6S. The molecule has 0 amide bonds. The van der Waals surface area contributed by atoms with Gasteiger partial charge in [0, 0.05) is 19.2 Å². The van der Waals surface area contributed by atoms with Gasteiger partial charge in [-0.05, 0) is 18.9 Å². The highest BCUT2D eigenvalue weighted by atomic mass is 35.5. The van der Waals surface area contributed by atoms with Crippen LogP contribution < -0.4 is 4.72 Å². The van der Waals surface area contributed by atoms with Gasteiger partial charge in [-0.25, -0.2) is 13.1 Å². The Kier molecular flexibility index (Phi) is 4.67. The summed E-state index contributed by atoms with van der Waals surface area (Å²) in [5.74, 6) is -0.979. The molecule has 1 aromatic rings. The molecule has 116 valence electrons. The monoisotopic (exact) mass is 336 g/mol. The highest BCUT2D eigenvalue weighted by Gasteiger charge is 2.30. The first-order valence-corrected chi connectivity index (χ1v) is 7.96. The van der Waals surface area contributed by atoms with Crippen molar-refractivity contribution in [1.82, 2.24) is 4.72 Å². The van der Waals surface area contributed by atoms with Crippen LogP contribution in [0.5, 0.6) is 5.75 Å². The van der Waals surface area contributed by atoms with Crippen molar-refractivity contribution in [2.45, 2.75) is 23.8 Å². The summed E-state index contributed by atoms with van der Waals surface area (Å²) in [7, 11) is -4.18. The molecule has 1 atom stereocenters. The minimum Gasteiger partial charge on any atom is -0.501 e. The van der Waals surface area contributed by atoms with Crippen molar-refractivity contribution in [1.29, 1.82) is 0 Å². The highest BCUT2D eigenvalue weighted by molar-refractivity contribution is 7.89. The third kappa shape index (κ3) is 3.43. The van der Waals surface area contributed by atoms with Crippen LogP contribution in [0, 0.1) is 10.1 Å². The van der Waals surface area contributed by atoms with E-state index in [1.165, 1.54) is 0 Å². The summed E-state index contributed by atoms with van der Waals surface area (Å²) in [5.41, 5.74) is -0.725. The van der Waals surface area contributed by atoms with Gasteiger partial charge in [0.15, 0.2) is 0 Å². The molecule has 0 spiro atoms. The lowest BCUT2D eigenvalue weighted by molar-refractivity contribution is -0.386. The van der Waals surface area contributed by atoms with Crippen LogP contribution in [0.15, 0.2) is 17.0 Å². The zero-order chi connectivity index (χ0) is 15.6. The second-order valence-corrected chi connectivity index (χ2v) is 6.60. The number of nitrogens with one attached hydrogen (secondary N) is 1. The van der Waals surface area contributed by atoms with Crippen LogP contribution in [0.25, 0.3) is 0 Å². The number of sulfonamides is 1. The minimum absolute atomic E-state index is 0.0147. The molecular weight excluding hydrogens is 324 g/mol. The van der Waals surface area contributed by atoms with E-state index in [0.717, 1.165) is 25.0 Å². The van der Waals surface area contributed by atoms with Gasteiger partial charge in [0.05, 0.1) is 16.0 Å². The fourth-order valence-corrected chi connectivity index (χ4v) is 3.71. The number of ether oxygens (including phenoxy) is 1. The number of phenols is 1. The molecule has 0 aliphatic carbocycles. The van der Waals surface area contributed by atoms with Crippen molar-refractivity contribution in [3.05, 3.63) is 27.3 Å². The maximum atomic E-state index is 12.2. The predicted octanol–water partition coefficient (Wildman–Crippen LogP) is 1.41. The number of benzene rings is 1. The highest BCUT2D eigenvalue weighted by Crippen LogP contribution is 2.37. The lowest BCUT2D eigenvalue weighted by Crippen LogP contribution is -2.32. The number of rotatable bonds is 5. The van der Waals surface area contributed by atoms with E-state index in [4.69, 9.17) is 16.3 Å². The van der Waals surface area contributed by atoms with Crippen molar-refractivity contribution in [3.8, 4) is 5.75 Å². The lowest BCUT2D eigenvalue weighted by Gasteiger charge is -2.13. The third-order valence-corrected chi connectivity index (χ3v) is 4.98. The molecule has 2 N–H and O–H groups in total. The number of hydrogen-bond acceptors (Lipinski definition) is 6. The van der Waals surface area contributed by atoms with Crippen LogP contribution >= 0.6 is 11.6 Å². The molecule has 1 saturated heterocycles. The molecule has 1 fully saturated rings. The van der Waals surface area contributed by atoms with Gasteiger partial charge in [0.25, 0.3) is 0 Å². The number of hydrogen-bond donors (Lipinski definition) is 2. The summed E-state index contributed by atoms with van der Waals surface area (Å²) in [4.78, 5) is 9.16. The fourth-order valence-electron chi connectivity index (χ4n) is 2.02. The van der Waals surface area contributed by atoms with Crippen LogP contribution in [0.4, 0.5) is 5.69 Å². The van der Waals surface area contributed by atoms with Crippen molar-refractivity contribution >= 4 is 27.3 Å². The number of aromatic hydroxyl groups is 1. The predicted molar refractivity (Wildman–Crippen MR) is 73.9 cm³/mol. The molecule has 8 nitrogen and oxygen atoms in total. The van der Waals surface area contributed by atoms with Gasteiger partial charge in [-0.2, -0.15) is 0 Å². The molecule has 1 aliphatic heterocycles. The van der Waals surface area contributed by atoms with E-state index in [2.05, 4.69) is 4.72 Å². The topological polar surface area (TPSA) is 119 Å². The van der Waals surface area contributed by atoms with Crippen LogP contribution in [0.3, 0.4) is 0 Å². The molecule has 2 rings (SSSR count). The zero-order valence-electron chi connectivity index (χ0n) is 10.8. The van der Waals surface area contributed by atoms with Gasteiger partial charge in [-0.3, -0.25) is 10.1 Å². The van der Waals surface area contributed by atoms with Crippen molar-refractivity contribution in [2.24, 2.45) is 0 Å². The Morgan fingerprint density at radius 2 is 2.24 bits per heavy atom. The second kappa shape index (κ2) is 6.14. The van der Waals surface area contributed by atoms with Gasteiger partial charge in [0.1, 0.15) is 4.90 Å². The first kappa shape index (κ1) is 16.0. The molecule has 21 heavy (non-hydrogen) atoms. The molecule has 0 bridgehead atoms. The summed E-state index contributed by atoms with van der Waals surface area (Å²) in [6.45, 7) is 0.579. The molecule has 0 radical (unpaired) electrons. The Balaban J connectivity index is 2.30. The number of halogens is 1. The normalized spacial score (nSPS) is 18.8. The van der Waals surface area contributed by atoms with E-state index in [1.807, 2.05) is 0 Å². The van der Waals surface area contributed by atoms with E-state index >= 15 is 0 Å². The molecule has 0 aromatic heterocycles. The van der Waals surface area contributed by atoms with E-state index in [0.29, 0.717) is 6.61 Å². The molecule has 0 saturated carbocycles. The summed E-state index contributed by atoms with van der Waals surface area (Å²) in [6.07, 6.45) is 1.31. The number of phenolic OH excluding ortho intramolecular Hbond substituents is 1. The largest absolute Gasteiger partial charge is 0.501 e. The van der Waals surface area contributed by atoms with Gasteiger partial charge in [-0.1, -0.05) is 11.6 Å². The van der Waals surface area contributed by atoms with E-state index in [9.17, 15) is 23.6 Å². The average Bonchev–Trinajstić information content (AvgIpc) is 2.89. The van der Waals surface area contributed by atoms with Crippen LogP contribution in [0.1, 0.15) is 12.8 Å². The summed E-state index contributed by atoms with van der Waals surface area (Å²) >= 11 is 5.75. The molecule has 10 heteroatoms. The molecule has 1 aliphatic rings. The molecule has 1 aromatic carbocycles. The quantitative estimate of drug-likeness (QED) is 0.620. The van der Waals surface area contributed by atoms with Gasteiger partial charge in [0.2, 0.25) is 15.8 Å². The average molecular weight is 337 g/mol. The van der Waals surface area contributed by atoms with Crippen molar-refractivity contribution < 1.29 is 23.2 Å². The standard InChI is InChI=1S/C11H13ClN2O6S/c12-8-3-4-9(14(16)17)10(15)11(8)21(18,19)13-6-7-2-1-5-20-7/h3-4,7,13,15H,1-2,5-6H2/t7-/m1/s1. The lowest BCUT2D eigenvalue weighted by atomic mass is 10.2. The SMILES string of the molecule is O=[N+]([O-])c1ccc(Cl)c(S(=O)(=O)NC[C@H]2CCCO2)c1O. The number of nitrogens with zero attached hydrogens (tertiary/aromatic N) is 1. The second-order valence-electron chi connectivity index (χ2n) is 4.49. The first-order valence-electron chi connectivity index (χ1n) is 6.10. The van der Waals surface area contributed by atoms with Crippen molar-refractivity contribution in [3.63, 3.8) is 0 Å². The minimum atomic E-state index is -4.18. The summed E-state index contributed by atoms with van der Waals surface area (Å²) in [6, 6.07) is 2.00. The van der Waals surface area contributed by atoms with E-state index in [1.54, 1.807) is 0 Å². The van der Waals surface area contributed by atoms with Gasteiger partial charge >= 0.3 is 5.69 Å². The van der Waals surface area contributed by atoms with E-state index in [-0.39, 0.29) is 17.7 Å². The van der Waals surface area contributed by atoms with Gasteiger partial charge < -0.3 is 9.84 Å². The van der Waals surface area contributed by atoms with E-state index < -0.39 is 31.3 Å². The summed E-state index contributed by atoms with van der Waals surface area (Å²) in [5, 5.41) is 20.2. The Labute approximate surface area is 125 Å². The fraction of sp³-hybridized carbons (Fsp3) is 0.455. The van der Waals surface area contributed by atoms with Crippen molar-refractivity contribution in [2.75, 3.05) is 13.2 Å². The zero-order valence-corrected chi connectivity index (χ0v) is 12.4. The molecule has 1 heterocycles. The number of nitro groups is 1. The van der Waals surface area contributed by atoms with Crippen LogP contribution in [0.2, 0.25) is 5.02 Å². The van der Waals surface area contributed by atoms with Crippen LogP contribution in [-0.4, -0.2) is 37.7 Å². The van der Waals surface area contributed by atoms with Gasteiger partial charge in [-0.15, -0.1) is 0 Å². The Morgan fingerprint density at radius 1 is 1.52 bits per heavy atom. The smallest absolute Gasteiger partial charge is 0.312 e. The molecule has 0 unspecified atom stereocenters. The maximum absolute atomic E-state index is 12.2.